The quantitative estimate of drug-likeness (QED) is 0.451. The van der Waals surface area contributed by atoms with Crippen LogP contribution in [0.3, 0.4) is 0 Å². The van der Waals surface area contributed by atoms with Gasteiger partial charge in [-0.15, -0.1) is 22.7 Å². The van der Waals surface area contributed by atoms with Gasteiger partial charge in [-0.2, -0.15) is 0 Å². The van der Waals surface area contributed by atoms with Gasteiger partial charge in [0.1, 0.15) is 10.6 Å². The number of thiophene rings is 1. The first-order valence-electron chi connectivity index (χ1n) is 9.65. The van der Waals surface area contributed by atoms with Crippen LogP contribution in [-0.2, 0) is 0 Å². The number of aromatic nitrogens is 2. The van der Waals surface area contributed by atoms with Crippen LogP contribution in [0.25, 0.3) is 15.3 Å². The number of fused-ring (bicyclic) bond motifs is 3. The Morgan fingerprint density at radius 2 is 2.14 bits per heavy atom. The number of amides is 1. The number of imidazole rings is 1. The summed E-state index contributed by atoms with van der Waals surface area (Å²) in [7, 11) is 1.67. The average molecular weight is 429 g/mol. The van der Waals surface area contributed by atoms with Crippen LogP contribution in [-0.4, -0.2) is 46.9 Å². The van der Waals surface area contributed by atoms with Gasteiger partial charge in [0.15, 0.2) is 4.96 Å². The lowest BCUT2D eigenvalue weighted by molar-refractivity contribution is 0.0939. The summed E-state index contributed by atoms with van der Waals surface area (Å²) >= 11 is 3.04. The Bertz CT molecular complexity index is 1130. The fourth-order valence-electron chi connectivity index (χ4n) is 3.61. The predicted octanol–water partition coefficient (Wildman–Crippen LogP) is 4.43. The van der Waals surface area contributed by atoms with E-state index in [9.17, 15) is 4.79 Å². The summed E-state index contributed by atoms with van der Waals surface area (Å²) in [5.41, 5.74) is 2.12. The lowest BCUT2D eigenvalue weighted by Gasteiger charge is -2.30. The number of ether oxygens (including phenoxy) is 1. The second kappa shape index (κ2) is 8.52. The SMILES string of the molecule is CCN(CC)C(CNC(=O)c1cc2c(nc3sccn32)s1)c1cccc(OC)c1. The Labute approximate surface area is 177 Å². The fourth-order valence-corrected chi connectivity index (χ4v) is 5.32. The molecule has 6 nitrogen and oxygen atoms in total. The third-order valence-electron chi connectivity index (χ3n) is 5.15. The minimum Gasteiger partial charge on any atom is -0.497 e. The number of hydrogen-bond acceptors (Lipinski definition) is 6. The van der Waals surface area contributed by atoms with E-state index in [1.807, 2.05) is 40.2 Å². The topological polar surface area (TPSA) is 58.9 Å². The molecule has 1 atom stereocenters. The predicted molar refractivity (Wildman–Crippen MR) is 119 cm³/mol. The molecule has 4 rings (SSSR count). The van der Waals surface area contributed by atoms with Gasteiger partial charge in [0.2, 0.25) is 0 Å². The molecule has 29 heavy (non-hydrogen) atoms. The fraction of sp³-hybridized carbons (Fsp3) is 0.333. The summed E-state index contributed by atoms with van der Waals surface area (Å²) in [5, 5.41) is 5.13. The smallest absolute Gasteiger partial charge is 0.261 e. The molecule has 0 spiro atoms. The van der Waals surface area contributed by atoms with Crippen molar-refractivity contribution >= 4 is 43.9 Å². The molecule has 152 valence electrons. The minimum atomic E-state index is -0.0583. The van der Waals surface area contributed by atoms with Crippen molar-refractivity contribution in [2.24, 2.45) is 0 Å². The van der Waals surface area contributed by atoms with E-state index in [1.165, 1.54) is 11.3 Å². The highest BCUT2D eigenvalue weighted by Gasteiger charge is 2.21. The van der Waals surface area contributed by atoms with Gasteiger partial charge in [0, 0.05) is 18.1 Å². The maximum Gasteiger partial charge on any atom is 0.261 e. The number of benzene rings is 1. The highest BCUT2D eigenvalue weighted by Crippen LogP contribution is 2.29. The van der Waals surface area contributed by atoms with Crippen LogP contribution in [0, 0.1) is 0 Å². The Morgan fingerprint density at radius 1 is 1.31 bits per heavy atom. The Balaban J connectivity index is 1.54. The first kappa shape index (κ1) is 19.9. The molecule has 0 fully saturated rings. The molecule has 1 unspecified atom stereocenters. The van der Waals surface area contributed by atoms with Crippen LogP contribution >= 0.6 is 22.7 Å². The first-order valence-corrected chi connectivity index (χ1v) is 11.4. The lowest BCUT2D eigenvalue weighted by atomic mass is 10.0. The van der Waals surface area contributed by atoms with E-state index in [0.29, 0.717) is 11.4 Å². The number of carbonyl (C=O) groups is 1. The number of likely N-dealkylation sites (N-methyl/N-ethyl adjacent to an activating group) is 1. The normalized spacial score (nSPS) is 12.7. The van der Waals surface area contributed by atoms with E-state index in [0.717, 1.165) is 39.7 Å². The monoisotopic (exact) mass is 428 g/mol. The van der Waals surface area contributed by atoms with Gasteiger partial charge < -0.3 is 10.1 Å². The summed E-state index contributed by atoms with van der Waals surface area (Å²) in [6, 6.07) is 10.1. The second-order valence-electron chi connectivity index (χ2n) is 6.69. The highest BCUT2D eigenvalue weighted by atomic mass is 32.1. The van der Waals surface area contributed by atoms with E-state index < -0.39 is 0 Å². The highest BCUT2D eigenvalue weighted by molar-refractivity contribution is 7.21. The van der Waals surface area contributed by atoms with Crippen molar-refractivity contribution in [3.63, 3.8) is 0 Å². The zero-order valence-corrected chi connectivity index (χ0v) is 18.3. The Morgan fingerprint density at radius 3 is 2.90 bits per heavy atom. The van der Waals surface area contributed by atoms with Crippen molar-refractivity contribution in [1.82, 2.24) is 19.6 Å². The van der Waals surface area contributed by atoms with E-state index in [4.69, 9.17) is 4.74 Å². The molecule has 0 aliphatic rings. The van der Waals surface area contributed by atoms with Crippen LogP contribution in [0.4, 0.5) is 0 Å². The molecule has 0 saturated heterocycles. The van der Waals surface area contributed by atoms with Crippen molar-refractivity contribution in [3.8, 4) is 5.75 Å². The Kier molecular flexibility index (Phi) is 5.84. The van der Waals surface area contributed by atoms with Gasteiger partial charge >= 0.3 is 0 Å². The van der Waals surface area contributed by atoms with Crippen LogP contribution in [0.2, 0.25) is 0 Å². The van der Waals surface area contributed by atoms with Gasteiger partial charge in [-0.25, -0.2) is 4.98 Å². The molecule has 4 aromatic rings. The maximum absolute atomic E-state index is 12.9. The standard InChI is InChI=1S/C21H24N4O2S2/c1-4-24(5-2)17(14-7-6-8-15(11-14)27-3)13-22-19(26)18-12-16-20(29-18)23-21-25(16)9-10-28-21/h6-12,17H,4-5,13H2,1-3H3,(H,22,26). The van der Waals surface area contributed by atoms with Gasteiger partial charge in [-0.05, 0) is 36.9 Å². The third-order valence-corrected chi connectivity index (χ3v) is 6.92. The van der Waals surface area contributed by atoms with Crippen molar-refractivity contribution in [2.75, 3.05) is 26.7 Å². The van der Waals surface area contributed by atoms with Gasteiger partial charge in [-0.1, -0.05) is 26.0 Å². The molecule has 0 bridgehead atoms. The van der Waals surface area contributed by atoms with Crippen molar-refractivity contribution in [1.29, 1.82) is 0 Å². The molecule has 0 radical (unpaired) electrons. The summed E-state index contributed by atoms with van der Waals surface area (Å²) in [6.07, 6.45) is 1.99. The largest absolute Gasteiger partial charge is 0.497 e. The lowest BCUT2D eigenvalue weighted by Crippen LogP contribution is -2.37. The zero-order valence-electron chi connectivity index (χ0n) is 16.7. The molecule has 0 saturated carbocycles. The minimum absolute atomic E-state index is 0.0583. The maximum atomic E-state index is 12.9. The van der Waals surface area contributed by atoms with E-state index >= 15 is 0 Å². The molecule has 0 aliphatic carbocycles. The van der Waals surface area contributed by atoms with Crippen LogP contribution < -0.4 is 10.1 Å². The number of nitrogens with zero attached hydrogens (tertiary/aromatic N) is 3. The van der Waals surface area contributed by atoms with Crippen molar-refractivity contribution in [2.45, 2.75) is 19.9 Å². The molecule has 1 aromatic carbocycles. The summed E-state index contributed by atoms with van der Waals surface area (Å²) < 4.78 is 7.42. The molecule has 0 aliphatic heterocycles. The van der Waals surface area contributed by atoms with Crippen LogP contribution in [0.5, 0.6) is 5.75 Å². The van der Waals surface area contributed by atoms with Gasteiger partial charge in [0.25, 0.3) is 5.91 Å². The molecule has 3 heterocycles. The number of methoxy groups -OCH3 is 1. The van der Waals surface area contributed by atoms with E-state index in [-0.39, 0.29) is 11.9 Å². The van der Waals surface area contributed by atoms with Crippen LogP contribution in [0.15, 0.2) is 41.9 Å². The number of nitrogens with one attached hydrogen (secondary N) is 1. The molecular formula is C21H24N4O2S2. The average Bonchev–Trinajstić information content (AvgIpc) is 3.43. The second-order valence-corrected chi connectivity index (χ2v) is 8.60. The summed E-state index contributed by atoms with van der Waals surface area (Å²) in [6.45, 7) is 6.61. The third kappa shape index (κ3) is 3.88. The van der Waals surface area contributed by atoms with E-state index in [2.05, 4.69) is 35.1 Å². The molecular weight excluding hydrogens is 404 g/mol. The summed E-state index contributed by atoms with van der Waals surface area (Å²) in [4.78, 5) is 22.3. The van der Waals surface area contributed by atoms with Gasteiger partial charge in [-0.3, -0.25) is 14.1 Å². The van der Waals surface area contributed by atoms with Crippen molar-refractivity contribution in [3.05, 3.63) is 52.3 Å². The molecule has 1 N–H and O–H groups in total. The molecule has 8 heteroatoms. The number of carbonyl (C=O) groups excluding carboxylic acids is 1. The van der Waals surface area contributed by atoms with E-state index in [1.54, 1.807) is 18.4 Å². The number of rotatable bonds is 8. The molecule has 3 aromatic heterocycles. The number of hydrogen-bond donors (Lipinski definition) is 1. The Hall–Kier alpha value is -2.42. The van der Waals surface area contributed by atoms with Gasteiger partial charge in [0.05, 0.1) is 23.5 Å². The zero-order chi connectivity index (χ0) is 20.4. The van der Waals surface area contributed by atoms with Crippen molar-refractivity contribution < 1.29 is 9.53 Å². The molecule has 1 amide bonds. The van der Waals surface area contributed by atoms with Crippen LogP contribution in [0.1, 0.15) is 35.1 Å². The number of thiazole rings is 1. The first-order chi connectivity index (χ1) is 14.1. The summed E-state index contributed by atoms with van der Waals surface area (Å²) in [5.74, 6) is 0.767.